The van der Waals surface area contributed by atoms with E-state index in [-0.39, 0.29) is 24.9 Å². The summed E-state index contributed by atoms with van der Waals surface area (Å²) >= 11 is 0. The molecule has 0 saturated carbocycles. The van der Waals surface area contributed by atoms with Crippen LogP contribution in [0.1, 0.15) is 29.0 Å². The largest absolute Gasteiger partial charge is 0.454 e. The fourth-order valence-corrected chi connectivity index (χ4v) is 5.39. The molecule has 3 aliphatic heterocycles. The maximum atomic E-state index is 11.3. The Bertz CT molecular complexity index is 1020. The van der Waals surface area contributed by atoms with Crippen molar-refractivity contribution in [3.63, 3.8) is 0 Å². The van der Waals surface area contributed by atoms with E-state index in [1.807, 2.05) is 24.3 Å². The highest BCUT2D eigenvalue weighted by Gasteiger charge is 2.49. The Morgan fingerprint density at radius 1 is 1.13 bits per heavy atom. The van der Waals surface area contributed by atoms with Gasteiger partial charge < -0.3 is 19.3 Å². The van der Waals surface area contributed by atoms with Gasteiger partial charge in [0.15, 0.2) is 11.5 Å². The molecule has 0 amide bonds. The van der Waals surface area contributed by atoms with Gasteiger partial charge in [-0.05, 0) is 35.2 Å². The zero-order valence-corrected chi connectivity index (χ0v) is 16.7. The maximum absolute atomic E-state index is 11.3. The highest BCUT2D eigenvalue weighted by atomic mass is 16.7. The summed E-state index contributed by atoms with van der Waals surface area (Å²) in [5, 5.41) is 11.3. The second kappa shape index (κ2) is 7.27. The molecule has 2 aromatic rings. The Hall–Kier alpha value is -2.60. The van der Waals surface area contributed by atoms with E-state index in [0.717, 1.165) is 36.6 Å². The fraction of sp³-hybridized carbons (Fsp3) is 0.360. The van der Waals surface area contributed by atoms with Crippen LogP contribution in [0.25, 0.3) is 6.08 Å². The van der Waals surface area contributed by atoms with Crippen molar-refractivity contribution in [3.05, 3.63) is 76.9 Å². The van der Waals surface area contributed by atoms with Crippen molar-refractivity contribution in [1.82, 2.24) is 4.90 Å². The summed E-state index contributed by atoms with van der Waals surface area (Å²) in [5.41, 5.74) is 4.94. The van der Waals surface area contributed by atoms with Crippen LogP contribution >= 0.6 is 0 Å². The highest BCUT2D eigenvalue weighted by molar-refractivity contribution is 5.53. The number of hydrogen-bond donors (Lipinski definition) is 1. The molecule has 6 rings (SSSR count). The van der Waals surface area contributed by atoms with Crippen LogP contribution in [-0.2, 0) is 11.3 Å². The van der Waals surface area contributed by atoms with Gasteiger partial charge in [-0.1, -0.05) is 54.1 Å². The van der Waals surface area contributed by atoms with Gasteiger partial charge in [-0.25, -0.2) is 0 Å². The van der Waals surface area contributed by atoms with E-state index >= 15 is 0 Å². The fourth-order valence-electron chi connectivity index (χ4n) is 5.39. The molecule has 5 heteroatoms. The zero-order chi connectivity index (χ0) is 20.1. The lowest BCUT2D eigenvalue weighted by atomic mass is 9.73. The van der Waals surface area contributed by atoms with Gasteiger partial charge in [0.25, 0.3) is 0 Å². The molecule has 2 aromatic carbocycles. The van der Waals surface area contributed by atoms with Crippen LogP contribution in [0.5, 0.6) is 11.5 Å². The average molecular weight is 403 g/mol. The number of hydrogen-bond acceptors (Lipinski definition) is 5. The van der Waals surface area contributed by atoms with Crippen LogP contribution in [0.4, 0.5) is 0 Å². The third-order valence-electron chi connectivity index (χ3n) is 6.75. The van der Waals surface area contributed by atoms with Crippen LogP contribution < -0.4 is 9.47 Å². The van der Waals surface area contributed by atoms with E-state index in [9.17, 15) is 5.11 Å². The molecule has 4 aliphatic rings. The number of aliphatic hydroxyl groups is 1. The second-order valence-electron chi connectivity index (χ2n) is 8.44. The van der Waals surface area contributed by atoms with Crippen LogP contribution in [0.15, 0.2) is 60.2 Å². The molecule has 0 bridgehead atoms. The lowest BCUT2D eigenvalue weighted by Crippen LogP contribution is -2.50. The first-order valence-electron chi connectivity index (χ1n) is 10.7. The van der Waals surface area contributed by atoms with Gasteiger partial charge in [0.2, 0.25) is 6.79 Å². The lowest BCUT2D eigenvalue weighted by molar-refractivity contribution is -0.0339. The molecule has 0 spiro atoms. The Balaban J connectivity index is 1.26. The highest BCUT2D eigenvalue weighted by Crippen LogP contribution is 2.49. The summed E-state index contributed by atoms with van der Waals surface area (Å²) in [6.07, 6.45) is 6.37. The molecule has 0 aromatic heterocycles. The average Bonchev–Trinajstić information content (AvgIpc) is 3.39. The quantitative estimate of drug-likeness (QED) is 0.792. The summed E-state index contributed by atoms with van der Waals surface area (Å²) in [4.78, 5) is 2.48. The Morgan fingerprint density at radius 3 is 2.83 bits per heavy atom. The monoisotopic (exact) mass is 403 g/mol. The number of ether oxygens (including phenoxy) is 3. The molecule has 1 aliphatic carbocycles. The molecule has 0 radical (unpaired) electrons. The molecular weight excluding hydrogens is 378 g/mol. The second-order valence-corrected chi connectivity index (χ2v) is 8.44. The minimum Gasteiger partial charge on any atom is -0.454 e. The van der Waals surface area contributed by atoms with E-state index in [1.54, 1.807) is 0 Å². The van der Waals surface area contributed by atoms with Crippen molar-refractivity contribution in [1.29, 1.82) is 0 Å². The van der Waals surface area contributed by atoms with Gasteiger partial charge in [-0.3, -0.25) is 4.90 Å². The van der Waals surface area contributed by atoms with Crippen molar-refractivity contribution >= 4 is 6.08 Å². The third-order valence-corrected chi connectivity index (χ3v) is 6.75. The summed E-state index contributed by atoms with van der Waals surface area (Å²) in [5.74, 6) is 1.59. The van der Waals surface area contributed by atoms with Gasteiger partial charge in [0.1, 0.15) is 6.10 Å². The van der Waals surface area contributed by atoms with Crippen molar-refractivity contribution in [2.75, 3.05) is 19.9 Å². The molecule has 1 saturated heterocycles. The van der Waals surface area contributed by atoms with Gasteiger partial charge >= 0.3 is 0 Å². The van der Waals surface area contributed by atoms with Crippen LogP contribution in [0, 0.1) is 0 Å². The summed E-state index contributed by atoms with van der Waals surface area (Å²) < 4.78 is 17.3. The maximum Gasteiger partial charge on any atom is 0.231 e. The Morgan fingerprint density at radius 2 is 1.97 bits per heavy atom. The van der Waals surface area contributed by atoms with Gasteiger partial charge in [0, 0.05) is 25.0 Å². The normalized spacial score (nSPS) is 29.0. The van der Waals surface area contributed by atoms with E-state index in [1.165, 1.54) is 16.7 Å². The van der Waals surface area contributed by atoms with Crippen LogP contribution in [0.2, 0.25) is 0 Å². The first-order chi connectivity index (χ1) is 14.8. The predicted molar refractivity (Wildman–Crippen MR) is 113 cm³/mol. The number of nitrogens with zero attached hydrogens (tertiary/aromatic N) is 1. The topological polar surface area (TPSA) is 51.2 Å². The van der Waals surface area contributed by atoms with E-state index in [2.05, 4.69) is 41.3 Å². The standard InChI is InChI=1S/C25H25NO4/c27-25-22(28-10-4-7-16-5-2-1-3-6-16)11-17-8-9-26-14-18-12-20-21(30-15-29-20)13-19(18)23(25)24(17)26/h1-7,11-13,22-25,27H,8-10,14-15H2/b7-4+/t22-,23-,24+,25+/m0/s1. The Labute approximate surface area is 176 Å². The first-order valence-corrected chi connectivity index (χ1v) is 10.7. The lowest BCUT2D eigenvalue weighted by Gasteiger charge is -2.45. The minimum absolute atomic E-state index is 0.00569. The molecule has 1 N–H and O–H groups in total. The van der Waals surface area contributed by atoms with Crippen molar-refractivity contribution in [2.45, 2.75) is 37.1 Å². The predicted octanol–water partition coefficient (Wildman–Crippen LogP) is 3.49. The summed E-state index contributed by atoms with van der Waals surface area (Å²) in [7, 11) is 0. The third kappa shape index (κ3) is 2.97. The Kier molecular flexibility index (Phi) is 4.41. The van der Waals surface area contributed by atoms with Crippen molar-refractivity contribution < 1.29 is 19.3 Å². The number of benzene rings is 2. The molecule has 1 fully saturated rings. The van der Waals surface area contributed by atoms with Gasteiger partial charge in [0.05, 0.1) is 12.7 Å². The minimum atomic E-state index is -0.594. The van der Waals surface area contributed by atoms with E-state index in [0.29, 0.717) is 6.61 Å². The van der Waals surface area contributed by atoms with Crippen LogP contribution in [-0.4, -0.2) is 48.2 Å². The molecule has 3 heterocycles. The number of aliphatic hydroxyl groups excluding tert-OH is 1. The number of fused-ring (bicyclic) bond motifs is 3. The molecule has 0 unspecified atom stereocenters. The van der Waals surface area contributed by atoms with Gasteiger partial charge in [-0.2, -0.15) is 0 Å². The van der Waals surface area contributed by atoms with Crippen LogP contribution in [0.3, 0.4) is 0 Å². The summed E-state index contributed by atoms with van der Waals surface area (Å²) in [6, 6.07) is 14.6. The molecule has 5 nitrogen and oxygen atoms in total. The van der Waals surface area contributed by atoms with Crippen molar-refractivity contribution in [3.8, 4) is 11.5 Å². The SMILES string of the molecule is O[C@H]1[C@H]2c3cc4c(cc3CN3CCC(=C[C@@H]1OC/C=C/c1ccccc1)[C@H]23)OCO4. The summed E-state index contributed by atoms with van der Waals surface area (Å²) in [6.45, 7) is 2.65. The molecular formula is C25H25NO4. The molecule has 30 heavy (non-hydrogen) atoms. The van der Waals surface area contributed by atoms with E-state index in [4.69, 9.17) is 14.2 Å². The van der Waals surface area contributed by atoms with E-state index < -0.39 is 6.10 Å². The zero-order valence-electron chi connectivity index (χ0n) is 16.7. The molecule has 154 valence electrons. The van der Waals surface area contributed by atoms with Gasteiger partial charge in [-0.15, -0.1) is 0 Å². The molecule has 4 atom stereocenters. The number of rotatable bonds is 4. The first kappa shape index (κ1) is 18.2. The smallest absolute Gasteiger partial charge is 0.231 e. The van der Waals surface area contributed by atoms with Crippen molar-refractivity contribution in [2.24, 2.45) is 0 Å².